The molecule has 0 heterocycles. The minimum atomic E-state index is -2.81. The van der Waals surface area contributed by atoms with Crippen LogP contribution in [-0.4, -0.2) is 18.5 Å². The molecule has 2 nitrogen and oxygen atoms in total. The lowest BCUT2D eigenvalue weighted by molar-refractivity contribution is -0.0505. The van der Waals surface area contributed by atoms with Gasteiger partial charge in [-0.25, -0.2) is 0 Å². The van der Waals surface area contributed by atoms with E-state index >= 15 is 0 Å². The molecule has 0 bridgehead atoms. The van der Waals surface area contributed by atoms with Crippen LogP contribution in [0.2, 0.25) is 0 Å². The maximum Gasteiger partial charge on any atom is 0.387 e. The van der Waals surface area contributed by atoms with E-state index in [0.717, 1.165) is 11.8 Å². The number of halogens is 3. The highest BCUT2D eigenvalue weighted by Crippen LogP contribution is 2.31. The van der Waals surface area contributed by atoms with Crippen LogP contribution in [0.25, 0.3) is 0 Å². The minimum Gasteiger partial charge on any atom is -0.493 e. The van der Waals surface area contributed by atoms with Crippen LogP contribution in [0.4, 0.5) is 8.78 Å². The summed E-state index contributed by atoms with van der Waals surface area (Å²) >= 11 is 3.32. The first-order valence-corrected chi connectivity index (χ1v) is 6.56. The van der Waals surface area contributed by atoms with Crippen molar-refractivity contribution in [2.45, 2.75) is 26.4 Å². The third kappa shape index (κ3) is 4.50. The summed E-state index contributed by atoms with van der Waals surface area (Å²) in [5.74, 6) is 0.818. The molecule has 0 fully saturated rings. The van der Waals surface area contributed by atoms with Crippen molar-refractivity contribution in [3.8, 4) is 11.5 Å². The van der Waals surface area contributed by atoms with Gasteiger partial charge in [-0.15, -0.1) is 0 Å². The zero-order chi connectivity index (χ0) is 12.7. The van der Waals surface area contributed by atoms with Crippen LogP contribution in [0.5, 0.6) is 11.5 Å². The van der Waals surface area contributed by atoms with Gasteiger partial charge in [0.25, 0.3) is 0 Å². The molecule has 1 rings (SSSR count). The number of ether oxygens (including phenoxy) is 2. The Morgan fingerprint density at radius 1 is 1.29 bits per heavy atom. The van der Waals surface area contributed by atoms with Crippen molar-refractivity contribution < 1.29 is 18.3 Å². The van der Waals surface area contributed by atoms with Gasteiger partial charge in [0.15, 0.2) is 0 Å². The van der Waals surface area contributed by atoms with Crippen LogP contribution in [0.3, 0.4) is 0 Å². The molecule has 5 heteroatoms. The summed E-state index contributed by atoms with van der Waals surface area (Å²) in [5.41, 5.74) is 0.703. The second-order valence-corrected chi connectivity index (χ2v) is 4.13. The third-order valence-electron chi connectivity index (χ3n) is 2.17. The highest BCUT2D eigenvalue weighted by molar-refractivity contribution is 9.09. The number of rotatable bonds is 7. The van der Waals surface area contributed by atoms with Crippen LogP contribution in [0, 0.1) is 0 Å². The molecule has 96 valence electrons. The van der Waals surface area contributed by atoms with E-state index in [4.69, 9.17) is 4.74 Å². The molecule has 0 aliphatic carbocycles. The molecule has 0 saturated carbocycles. The average Bonchev–Trinajstić information content (AvgIpc) is 2.28. The molecule has 0 spiro atoms. The van der Waals surface area contributed by atoms with Gasteiger partial charge < -0.3 is 9.47 Å². The Morgan fingerprint density at radius 3 is 2.59 bits per heavy atom. The first-order valence-electron chi connectivity index (χ1n) is 5.44. The second kappa shape index (κ2) is 7.48. The predicted molar refractivity (Wildman–Crippen MR) is 66.4 cm³/mol. The lowest BCUT2D eigenvalue weighted by atomic mass is 10.1. The maximum atomic E-state index is 12.3. The molecule has 0 saturated heterocycles. The maximum absolute atomic E-state index is 12.3. The Bertz CT molecular complexity index is 345. The fourth-order valence-electron chi connectivity index (χ4n) is 1.53. The Hall–Kier alpha value is -0.840. The molecule has 1 aromatic rings. The Balaban J connectivity index is 2.96. The van der Waals surface area contributed by atoms with Gasteiger partial charge in [0.2, 0.25) is 0 Å². The van der Waals surface area contributed by atoms with Crippen molar-refractivity contribution in [1.82, 2.24) is 0 Å². The molecule has 1 aromatic carbocycles. The van der Waals surface area contributed by atoms with Crippen LogP contribution in [0.15, 0.2) is 18.2 Å². The van der Waals surface area contributed by atoms with Gasteiger partial charge in [-0.05, 0) is 31.9 Å². The van der Waals surface area contributed by atoms with Crippen LogP contribution >= 0.6 is 15.9 Å². The van der Waals surface area contributed by atoms with Crippen molar-refractivity contribution in [3.05, 3.63) is 23.8 Å². The molecular formula is C12H15BrF2O2. The molecule has 0 amide bonds. The van der Waals surface area contributed by atoms with Crippen LogP contribution in [0.1, 0.15) is 18.9 Å². The highest BCUT2D eigenvalue weighted by Gasteiger charge is 2.13. The van der Waals surface area contributed by atoms with Crippen molar-refractivity contribution in [2.75, 3.05) is 11.9 Å². The largest absolute Gasteiger partial charge is 0.493 e. The summed E-state index contributed by atoms with van der Waals surface area (Å²) in [7, 11) is 0. The van der Waals surface area contributed by atoms with E-state index in [1.165, 1.54) is 6.07 Å². The SMILES string of the molecule is CCOc1cccc(OC(F)F)c1CCCBr. The Morgan fingerprint density at radius 2 is 2.00 bits per heavy atom. The van der Waals surface area contributed by atoms with E-state index in [0.29, 0.717) is 24.3 Å². The first-order chi connectivity index (χ1) is 8.19. The number of hydrogen-bond donors (Lipinski definition) is 0. The number of alkyl halides is 3. The molecule has 17 heavy (non-hydrogen) atoms. The monoisotopic (exact) mass is 308 g/mol. The van der Waals surface area contributed by atoms with E-state index in [2.05, 4.69) is 20.7 Å². The van der Waals surface area contributed by atoms with Gasteiger partial charge in [0.1, 0.15) is 11.5 Å². The Kier molecular flexibility index (Phi) is 6.26. The normalized spacial score (nSPS) is 10.6. The molecule has 0 unspecified atom stereocenters. The minimum absolute atomic E-state index is 0.201. The quantitative estimate of drug-likeness (QED) is 0.708. The summed E-state index contributed by atoms with van der Waals surface area (Å²) in [6.07, 6.45) is 1.48. The van der Waals surface area contributed by atoms with E-state index < -0.39 is 6.61 Å². The molecule has 0 aliphatic heterocycles. The van der Waals surface area contributed by atoms with Gasteiger partial charge in [-0.2, -0.15) is 8.78 Å². The highest BCUT2D eigenvalue weighted by atomic mass is 79.9. The molecule has 0 aliphatic rings. The standard InChI is InChI=1S/C12H15BrF2O2/c1-2-16-10-6-3-7-11(17-12(14)15)9(10)5-4-8-13/h3,6-7,12H,2,4-5,8H2,1H3. The Labute approximate surface area is 108 Å². The molecular weight excluding hydrogens is 294 g/mol. The summed E-state index contributed by atoms with van der Waals surface area (Å²) < 4.78 is 34.5. The third-order valence-corrected chi connectivity index (χ3v) is 2.73. The topological polar surface area (TPSA) is 18.5 Å². The van der Waals surface area contributed by atoms with Crippen molar-refractivity contribution >= 4 is 15.9 Å². The average molecular weight is 309 g/mol. The van der Waals surface area contributed by atoms with E-state index in [-0.39, 0.29) is 5.75 Å². The van der Waals surface area contributed by atoms with Gasteiger partial charge in [0.05, 0.1) is 6.61 Å². The molecule has 0 atom stereocenters. The number of hydrogen-bond acceptors (Lipinski definition) is 2. The van der Waals surface area contributed by atoms with Gasteiger partial charge >= 0.3 is 6.61 Å². The van der Waals surface area contributed by atoms with E-state index in [1.54, 1.807) is 12.1 Å². The van der Waals surface area contributed by atoms with E-state index in [1.807, 2.05) is 6.92 Å². The molecule has 0 N–H and O–H groups in total. The van der Waals surface area contributed by atoms with E-state index in [9.17, 15) is 8.78 Å². The van der Waals surface area contributed by atoms with Crippen LogP contribution < -0.4 is 9.47 Å². The first kappa shape index (κ1) is 14.2. The summed E-state index contributed by atoms with van der Waals surface area (Å²) in [6.45, 7) is -0.455. The lowest BCUT2D eigenvalue weighted by Gasteiger charge is -2.14. The van der Waals surface area contributed by atoms with Gasteiger partial charge in [-0.1, -0.05) is 22.0 Å². The lowest BCUT2D eigenvalue weighted by Crippen LogP contribution is -2.06. The zero-order valence-corrected chi connectivity index (χ0v) is 11.2. The zero-order valence-electron chi connectivity index (χ0n) is 9.59. The van der Waals surface area contributed by atoms with Crippen molar-refractivity contribution in [1.29, 1.82) is 0 Å². The summed E-state index contributed by atoms with van der Waals surface area (Å²) in [6, 6.07) is 4.96. The van der Waals surface area contributed by atoms with Crippen molar-refractivity contribution in [2.24, 2.45) is 0 Å². The summed E-state index contributed by atoms with van der Waals surface area (Å²) in [4.78, 5) is 0. The second-order valence-electron chi connectivity index (χ2n) is 3.34. The fourth-order valence-corrected chi connectivity index (χ4v) is 1.81. The van der Waals surface area contributed by atoms with Crippen molar-refractivity contribution in [3.63, 3.8) is 0 Å². The fraction of sp³-hybridized carbons (Fsp3) is 0.500. The molecule has 0 radical (unpaired) electrons. The molecule has 0 aromatic heterocycles. The van der Waals surface area contributed by atoms with Crippen LogP contribution in [-0.2, 0) is 6.42 Å². The number of benzene rings is 1. The smallest absolute Gasteiger partial charge is 0.387 e. The summed E-state index contributed by atoms with van der Waals surface area (Å²) in [5, 5.41) is 0.807. The van der Waals surface area contributed by atoms with Gasteiger partial charge in [-0.3, -0.25) is 0 Å². The van der Waals surface area contributed by atoms with Gasteiger partial charge in [0, 0.05) is 10.9 Å². The predicted octanol–water partition coefficient (Wildman–Crippen LogP) is 4.01.